The van der Waals surface area contributed by atoms with Crippen LogP contribution in [-0.4, -0.2) is 34.3 Å². The van der Waals surface area contributed by atoms with E-state index in [0.29, 0.717) is 22.6 Å². The molecule has 2 heterocycles. The molecule has 4 rings (SSSR count). The Morgan fingerprint density at radius 2 is 1.96 bits per heavy atom. The van der Waals surface area contributed by atoms with Gasteiger partial charge in [0.2, 0.25) is 6.79 Å². The Morgan fingerprint density at radius 1 is 1.19 bits per heavy atom. The normalized spacial score (nSPS) is 14.8. The monoisotopic (exact) mass is 351 g/mol. The predicted molar refractivity (Wildman–Crippen MR) is 94.0 cm³/mol. The fourth-order valence-electron chi connectivity index (χ4n) is 2.74. The third-order valence-corrected chi connectivity index (χ3v) is 4.27. The molecule has 7 nitrogen and oxygen atoms in total. The molecule has 7 heteroatoms. The number of aromatic nitrogens is 2. The Kier molecular flexibility index (Phi) is 3.93. The zero-order valence-corrected chi connectivity index (χ0v) is 14.1. The van der Waals surface area contributed by atoms with Gasteiger partial charge in [-0.2, -0.15) is 0 Å². The van der Waals surface area contributed by atoms with Crippen molar-refractivity contribution in [2.45, 2.75) is 12.5 Å². The number of carbonyl (C=O) groups excluding carboxylic acids is 1. The molecule has 132 valence electrons. The van der Waals surface area contributed by atoms with Crippen LogP contribution in [0.1, 0.15) is 23.0 Å². The van der Waals surface area contributed by atoms with E-state index in [2.05, 4.69) is 15.3 Å². The van der Waals surface area contributed by atoms with Gasteiger partial charge in [-0.25, -0.2) is 4.98 Å². The maximum Gasteiger partial charge on any atom is 0.271 e. The minimum atomic E-state index is -1.28. The Labute approximate surface area is 149 Å². The topological polar surface area (TPSA) is 93.6 Å². The molecule has 1 aliphatic heterocycles. The minimum Gasteiger partial charge on any atom is -0.454 e. The van der Waals surface area contributed by atoms with E-state index in [1.807, 2.05) is 18.2 Å². The molecule has 1 aromatic heterocycles. The van der Waals surface area contributed by atoms with E-state index in [4.69, 9.17) is 9.47 Å². The Balaban J connectivity index is 1.48. The van der Waals surface area contributed by atoms with Gasteiger partial charge in [0.1, 0.15) is 11.3 Å². The summed E-state index contributed by atoms with van der Waals surface area (Å²) >= 11 is 0. The van der Waals surface area contributed by atoms with Crippen LogP contribution in [0.2, 0.25) is 0 Å². The zero-order chi connectivity index (χ0) is 18.1. The molecule has 0 fully saturated rings. The number of nitrogens with zero attached hydrogens (tertiary/aromatic N) is 2. The molecule has 3 aromatic rings. The summed E-state index contributed by atoms with van der Waals surface area (Å²) in [5.74, 6) is 0.818. The Morgan fingerprint density at radius 3 is 2.81 bits per heavy atom. The van der Waals surface area contributed by atoms with E-state index in [-0.39, 0.29) is 19.0 Å². The first-order valence-electron chi connectivity index (χ1n) is 8.15. The van der Waals surface area contributed by atoms with E-state index in [0.717, 1.165) is 5.52 Å². The molecule has 0 spiro atoms. The molecular formula is C19H17N3O4. The molecule has 0 radical (unpaired) electrons. The number of para-hydroxylation sites is 2. The van der Waals surface area contributed by atoms with Crippen LogP contribution in [0.3, 0.4) is 0 Å². The maximum absolute atomic E-state index is 12.4. The Hall–Kier alpha value is -3.19. The summed E-state index contributed by atoms with van der Waals surface area (Å²) in [6, 6.07) is 12.5. The first-order valence-corrected chi connectivity index (χ1v) is 8.15. The number of carbonyl (C=O) groups is 1. The predicted octanol–water partition coefficient (Wildman–Crippen LogP) is 2.00. The first-order chi connectivity index (χ1) is 12.5. The van der Waals surface area contributed by atoms with Gasteiger partial charge in [0.05, 0.1) is 23.8 Å². The molecule has 0 bridgehead atoms. The molecule has 1 unspecified atom stereocenters. The summed E-state index contributed by atoms with van der Waals surface area (Å²) in [6.45, 7) is 1.80. The van der Waals surface area contributed by atoms with Crippen LogP contribution in [0.25, 0.3) is 11.0 Å². The highest BCUT2D eigenvalue weighted by molar-refractivity contribution is 5.93. The van der Waals surface area contributed by atoms with E-state index in [1.54, 1.807) is 31.2 Å². The molecule has 2 aromatic carbocycles. The van der Waals surface area contributed by atoms with Crippen LogP contribution < -0.4 is 14.8 Å². The first kappa shape index (κ1) is 16.3. The minimum absolute atomic E-state index is 0.0139. The number of hydrogen-bond acceptors (Lipinski definition) is 6. The molecule has 1 atom stereocenters. The van der Waals surface area contributed by atoms with Gasteiger partial charge < -0.3 is 19.9 Å². The quantitative estimate of drug-likeness (QED) is 0.747. The van der Waals surface area contributed by atoms with Crippen LogP contribution in [0.4, 0.5) is 0 Å². The van der Waals surface area contributed by atoms with Gasteiger partial charge in [0.25, 0.3) is 5.91 Å². The average molecular weight is 351 g/mol. The molecule has 26 heavy (non-hydrogen) atoms. The molecule has 0 saturated heterocycles. The van der Waals surface area contributed by atoms with Crippen molar-refractivity contribution in [1.82, 2.24) is 15.3 Å². The smallest absolute Gasteiger partial charge is 0.271 e. The van der Waals surface area contributed by atoms with Gasteiger partial charge >= 0.3 is 0 Å². The summed E-state index contributed by atoms with van der Waals surface area (Å²) < 4.78 is 10.6. The van der Waals surface area contributed by atoms with Gasteiger partial charge in [-0.1, -0.05) is 18.2 Å². The zero-order valence-electron chi connectivity index (χ0n) is 14.1. The van der Waals surface area contributed by atoms with Gasteiger partial charge in [-0.3, -0.25) is 9.78 Å². The van der Waals surface area contributed by atoms with Gasteiger partial charge in [0.15, 0.2) is 11.5 Å². The lowest BCUT2D eigenvalue weighted by Gasteiger charge is -2.24. The average Bonchev–Trinajstić information content (AvgIpc) is 3.13. The number of benzene rings is 2. The molecule has 1 aliphatic rings. The molecule has 2 N–H and O–H groups in total. The van der Waals surface area contributed by atoms with Crippen molar-refractivity contribution in [3.8, 4) is 11.5 Å². The third-order valence-electron chi connectivity index (χ3n) is 4.27. The summed E-state index contributed by atoms with van der Waals surface area (Å²) in [6.07, 6.45) is 1.42. The van der Waals surface area contributed by atoms with Crippen molar-refractivity contribution in [1.29, 1.82) is 0 Å². The van der Waals surface area contributed by atoms with Crippen molar-refractivity contribution < 1.29 is 19.4 Å². The lowest BCUT2D eigenvalue weighted by atomic mass is 9.95. The second kappa shape index (κ2) is 6.27. The SMILES string of the molecule is CC(O)(CNC(=O)c1cnc2ccccc2n1)c1ccc2c(c1)OCO2. The second-order valence-corrected chi connectivity index (χ2v) is 6.27. The van der Waals surface area contributed by atoms with Gasteiger partial charge in [-0.15, -0.1) is 0 Å². The van der Waals surface area contributed by atoms with Crippen LogP contribution in [0.5, 0.6) is 11.5 Å². The Bertz CT molecular complexity index is 987. The van der Waals surface area contributed by atoms with Crippen molar-refractivity contribution in [3.63, 3.8) is 0 Å². The highest BCUT2D eigenvalue weighted by Gasteiger charge is 2.27. The molecular weight excluding hydrogens is 334 g/mol. The summed E-state index contributed by atoms with van der Waals surface area (Å²) in [7, 11) is 0. The van der Waals surface area contributed by atoms with Crippen LogP contribution in [0.15, 0.2) is 48.7 Å². The highest BCUT2D eigenvalue weighted by Crippen LogP contribution is 2.35. The van der Waals surface area contributed by atoms with Crippen LogP contribution in [-0.2, 0) is 5.60 Å². The van der Waals surface area contributed by atoms with E-state index in [1.165, 1.54) is 6.20 Å². The van der Waals surface area contributed by atoms with E-state index < -0.39 is 11.5 Å². The molecule has 1 amide bonds. The summed E-state index contributed by atoms with van der Waals surface area (Å²) in [5, 5.41) is 13.4. The number of ether oxygens (including phenoxy) is 2. The van der Waals surface area contributed by atoms with Gasteiger partial charge in [-0.05, 0) is 36.8 Å². The third kappa shape index (κ3) is 3.04. The lowest BCUT2D eigenvalue weighted by Crippen LogP contribution is -2.38. The fourth-order valence-corrected chi connectivity index (χ4v) is 2.74. The van der Waals surface area contributed by atoms with Crippen molar-refractivity contribution in [2.75, 3.05) is 13.3 Å². The van der Waals surface area contributed by atoms with E-state index >= 15 is 0 Å². The largest absolute Gasteiger partial charge is 0.454 e. The van der Waals surface area contributed by atoms with Crippen molar-refractivity contribution >= 4 is 16.9 Å². The van der Waals surface area contributed by atoms with Gasteiger partial charge in [0, 0.05) is 0 Å². The van der Waals surface area contributed by atoms with Crippen LogP contribution in [0, 0.1) is 0 Å². The summed E-state index contributed by atoms with van der Waals surface area (Å²) in [4.78, 5) is 20.9. The fraction of sp³-hybridized carbons (Fsp3) is 0.211. The lowest BCUT2D eigenvalue weighted by molar-refractivity contribution is 0.0523. The summed E-state index contributed by atoms with van der Waals surface area (Å²) in [5.41, 5.74) is 0.900. The number of nitrogens with one attached hydrogen (secondary N) is 1. The number of amides is 1. The second-order valence-electron chi connectivity index (χ2n) is 6.27. The standard InChI is InChI=1S/C19H17N3O4/c1-19(24,12-6-7-16-17(8-12)26-11-25-16)10-21-18(23)15-9-20-13-4-2-3-5-14(13)22-15/h2-9,24H,10-11H2,1H3,(H,21,23). The molecule has 0 aliphatic carbocycles. The van der Waals surface area contributed by atoms with Crippen molar-refractivity contribution in [3.05, 3.63) is 59.9 Å². The number of rotatable bonds is 4. The number of hydrogen-bond donors (Lipinski definition) is 2. The molecule has 0 saturated carbocycles. The number of fused-ring (bicyclic) bond motifs is 2. The number of aliphatic hydroxyl groups is 1. The van der Waals surface area contributed by atoms with E-state index in [9.17, 15) is 9.90 Å². The highest BCUT2D eigenvalue weighted by atomic mass is 16.7. The maximum atomic E-state index is 12.4. The van der Waals surface area contributed by atoms with Crippen molar-refractivity contribution in [2.24, 2.45) is 0 Å². The van der Waals surface area contributed by atoms with Crippen LogP contribution >= 0.6 is 0 Å².